The van der Waals surface area contributed by atoms with Crippen molar-refractivity contribution >= 4 is 34.4 Å². The van der Waals surface area contributed by atoms with Gasteiger partial charge in [0.25, 0.3) is 11.8 Å². The minimum Gasteiger partial charge on any atom is -0.495 e. The number of H-pyrrole nitrogens is 1. The van der Waals surface area contributed by atoms with Crippen LogP contribution in [-0.4, -0.2) is 98.0 Å². The van der Waals surface area contributed by atoms with Crippen LogP contribution in [0.15, 0.2) is 48.5 Å². The number of carbonyl (C=O) groups is 3. The normalized spacial score (nSPS) is 13.4. The maximum Gasteiger partial charge on any atom is 0.259 e. The first-order valence-electron chi connectivity index (χ1n) is 16.8. The number of methoxy groups -OCH3 is 1. The van der Waals surface area contributed by atoms with Gasteiger partial charge in [-0.15, -0.1) is 0 Å². The summed E-state index contributed by atoms with van der Waals surface area (Å²) in [6.07, 6.45) is 3.53. The van der Waals surface area contributed by atoms with Crippen molar-refractivity contribution in [2.75, 3.05) is 65.4 Å². The molecule has 1 saturated heterocycles. The highest BCUT2D eigenvalue weighted by Crippen LogP contribution is 2.39. The number of nitrogens with two attached hydrogens (primary N) is 2. The smallest absolute Gasteiger partial charge is 0.259 e. The van der Waals surface area contributed by atoms with Crippen molar-refractivity contribution in [2.24, 2.45) is 11.5 Å². The van der Waals surface area contributed by atoms with E-state index in [0.29, 0.717) is 48.5 Å². The fraction of sp³-hybridized carbons (Fsp3) is 0.405. The highest BCUT2D eigenvalue weighted by molar-refractivity contribution is 6.15. The number of nitrogens with zero attached hydrogens (tertiary/aromatic N) is 4. The lowest BCUT2D eigenvalue weighted by Gasteiger charge is -2.32. The molecule has 3 amide bonds. The number of para-hydroxylation sites is 1. The number of nitrogens with one attached hydrogen (secondary N) is 1. The molecule has 0 spiro atoms. The van der Waals surface area contributed by atoms with Gasteiger partial charge in [0.15, 0.2) is 0 Å². The average Bonchev–Trinajstić information content (AvgIpc) is 3.51. The van der Waals surface area contributed by atoms with E-state index in [1.807, 2.05) is 48.2 Å². The standard InChI is InChI=1S/C37H47N7O5/c1-24-12-15-29(30(23-24)49-22-7-5-6-11-32(45)44-20-18-42(2)19-21-44)43(3)37(47)27-14-13-26(35(48-4)33(27)36(39)46)25-9-8-10-28-34(25)41-31(40-28)16-17-38/h8-10,12-15,23H,5-7,11,16-22,38H2,1-4H3,(H2,39,46)(H,40,41). The van der Waals surface area contributed by atoms with E-state index in [9.17, 15) is 14.4 Å². The fourth-order valence-electron chi connectivity index (χ4n) is 6.24. The molecule has 2 heterocycles. The second-order valence-corrected chi connectivity index (χ2v) is 12.5. The van der Waals surface area contributed by atoms with Gasteiger partial charge in [-0.2, -0.15) is 0 Å². The Labute approximate surface area is 287 Å². The van der Waals surface area contributed by atoms with Crippen LogP contribution in [-0.2, 0) is 11.2 Å². The number of unbranched alkanes of at least 4 members (excludes halogenated alkanes) is 2. The Hall–Kier alpha value is -4.94. The molecule has 4 aromatic rings. The molecule has 12 nitrogen and oxygen atoms in total. The van der Waals surface area contributed by atoms with Crippen LogP contribution in [0, 0.1) is 6.92 Å². The summed E-state index contributed by atoms with van der Waals surface area (Å²) in [5.41, 5.74) is 16.1. The van der Waals surface area contributed by atoms with Crippen LogP contribution in [0.5, 0.6) is 11.5 Å². The number of amides is 3. The second kappa shape index (κ2) is 16.0. The average molecular weight is 670 g/mol. The summed E-state index contributed by atoms with van der Waals surface area (Å²) in [4.78, 5) is 53.3. The van der Waals surface area contributed by atoms with Crippen LogP contribution in [0.25, 0.3) is 22.2 Å². The summed E-state index contributed by atoms with van der Waals surface area (Å²) in [6.45, 7) is 6.24. The number of fused-ring (bicyclic) bond motifs is 1. The number of primary amides is 1. The number of rotatable bonds is 14. The SMILES string of the molecule is COc1c(-c2cccc3[nH]c(CCN)nc23)ccc(C(=O)N(C)c2ccc(C)cc2OCCCCCC(=O)N2CCN(C)CC2)c1C(N)=O. The molecule has 0 unspecified atom stereocenters. The highest BCUT2D eigenvalue weighted by atomic mass is 16.5. The van der Waals surface area contributed by atoms with Gasteiger partial charge < -0.3 is 40.6 Å². The quantitative estimate of drug-likeness (QED) is 0.169. The molecule has 12 heteroatoms. The molecule has 0 aliphatic carbocycles. The molecule has 0 atom stereocenters. The Morgan fingerprint density at radius 2 is 1.78 bits per heavy atom. The number of piperazine rings is 1. The van der Waals surface area contributed by atoms with Gasteiger partial charge in [0.1, 0.15) is 17.3 Å². The number of likely N-dealkylation sites (N-methyl/N-ethyl adjacent to an activating group) is 1. The lowest BCUT2D eigenvalue weighted by atomic mass is 9.95. The molecular formula is C37H47N7O5. The Morgan fingerprint density at radius 1 is 1.00 bits per heavy atom. The first-order valence-corrected chi connectivity index (χ1v) is 16.8. The minimum atomic E-state index is -0.792. The monoisotopic (exact) mass is 669 g/mol. The van der Waals surface area contributed by atoms with Gasteiger partial charge in [-0.25, -0.2) is 4.98 Å². The summed E-state index contributed by atoms with van der Waals surface area (Å²) in [7, 11) is 5.16. The maximum atomic E-state index is 14.1. The number of aryl methyl sites for hydroxylation is 1. The largest absolute Gasteiger partial charge is 0.495 e. The van der Waals surface area contributed by atoms with Crippen LogP contribution < -0.4 is 25.8 Å². The van der Waals surface area contributed by atoms with Gasteiger partial charge in [-0.1, -0.05) is 18.2 Å². The van der Waals surface area contributed by atoms with E-state index < -0.39 is 11.8 Å². The lowest BCUT2D eigenvalue weighted by Crippen LogP contribution is -2.47. The number of imidazole rings is 1. The molecular weight excluding hydrogens is 622 g/mol. The molecule has 5 N–H and O–H groups in total. The first-order chi connectivity index (χ1) is 23.6. The molecule has 0 saturated carbocycles. The van der Waals surface area contributed by atoms with E-state index >= 15 is 0 Å². The van der Waals surface area contributed by atoms with E-state index in [1.54, 1.807) is 19.2 Å². The number of anilines is 1. The Morgan fingerprint density at radius 3 is 2.49 bits per heavy atom. The molecule has 260 valence electrons. The summed E-state index contributed by atoms with van der Waals surface area (Å²) in [5.74, 6) is 0.462. The van der Waals surface area contributed by atoms with Crippen LogP contribution in [0.2, 0.25) is 0 Å². The van der Waals surface area contributed by atoms with E-state index in [1.165, 1.54) is 12.0 Å². The number of hydrogen-bond acceptors (Lipinski definition) is 8. The number of benzene rings is 3. The van der Waals surface area contributed by atoms with Gasteiger partial charge in [-0.3, -0.25) is 14.4 Å². The van der Waals surface area contributed by atoms with Gasteiger partial charge in [0.2, 0.25) is 5.91 Å². The van der Waals surface area contributed by atoms with Crippen molar-refractivity contribution in [3.8, 4) is 22.6 Å². The van der Waals surface area contributed by atoms with Crippen molar-refractivity contribution in [2.45, 2.75) is 39.0 Å². The maximum absolute atomic E-state index is 14.1. The van der Waals surface area contributed by atoms with Gasteiger partial charge in [0, 0.05) is 57.2 Å². The van der Waals surface area contributed by atoms with Gasteiger partial charge in [-0.05, 0) is 75.7 Å². The third-order valence-corrected chi connectivity index (χ3v) is 9.00. The van der Waals surface area contributed by atoms with Crippen LogP contribution in [0.1, 0.15) is 57.8 Å². The summed E-state index contributed by atoms with van der Waals surface area (Å²) in [6, 6.07) is 14.6. The summed E-state index contributed by atoms with van der Waals surface area (Å²) in [5, 5.41) is 0. The molecule has 3 aromatic carbocycles. The lowest BCUT2D eigenvalue weighted by molar-refractivity contribution is -0.132. The van der Waals surface area contributed by atoms with E-state index in [-0.39, 0.29) is 22.8 Å². The molecule has 1 aliphatic rings. The topological polar surface area (TPSA) is 160 Å². The molecule has 0 radical (unpaired) electrons. The molecule has 0 bridgehead atoms. The number of aromatic nitrogens is 2. The number of carbonyl (C=O) groups excluding carboxylic acids is 3. The Kier molecular flexibility index (Phi) is 11.5. The second-order valence-electron chi connectivity index (χ2n) is 12.5. The Bertz CT molecular complexity index is 1810. The van der Waals surface area contributed by atoms with Crippen LogP contribution in [0.3, 0.4) is 0 Å². The predicted molar refractivity (Wildman–Crippen MR) is 191 cm³/mol. The van der Waals surface area contributed by atoms with E-state index in [4.69, 9.17) is 25.9 Å². The fourth-order valence-corrected chi connectivity index (χ4v) is 6.24. The predicted octanol–water partition coefficient (Wildman–Crippen LogP) is 4.14. The first kappa shape index (κ1) is 35.4. The van der Waals surface area contributed by atoms with Gasteiger partial charge in [0.05, 0.1) is 41.6 Å². The third kappa shape index (κ3) is 8.03. The van der Waals surface area contributed by atoms with Crippen molar-refractivity contribution in [1.29, 1.82) is 0 Å². The third-order valence-electron chi connectivity index (χ3n) is 9.00. The van der Waals surface area contributed by atoms with Crippen LogP contribution >= 0.6 is 0 Å². The van der Waals surface area contributed by atoms with Crippen LogP contribution in [0.4, 0.5) is 5.69 Å². The highest BCUT2D eigenvalue weighted by Gasteiger charge is 2.28. The van der Waals surface area contributed by atoms with E-state index in [2.05, 4.69) is 16.9 Å². The minimum absolute atomic E-state index is 0.0210. The summed E-state index contributed by atoms with van der Waals surface area (Å²) >= 11 is 0. The molecule has 49 heavy (non-hydrogen) atoms. The molecule has 1 aliphatic heterocycles. The van der Waals surface area contributed by atoms with Crippen molar-refractivity contribution in [3.63, 3.8) is 0 Å². The molecule has 1 aromatic heterocycles. The van der Waals surface area contributed by atoms with Crippen molar-refractivity contribution < 1.29 is 23.9 Å². The zero-order valence-corrected chi connectivity index (χ0v) is 28.9. The number of ether oxygens (including phenoxy) is 2. The zero-order chi connectivity index (χ0) is 35.1. The molecule has 5 rings (SSSR count). The summed E-state index contributed by atoms with van der Waals surface area (Å²) < 4.78 is 12.0. The molecule has 1 fully saturated rings. The zero-order valence-electron chi connectivity index (χ0n) is 28.9. The number of aromatic amines is 1. The number of hydrogen-bond donors (Lipinski definition) is 3. The van der Waals surface area contributed by atoms with Crippen molar-refractivity contribution in [1.82, 2.24) is 19.8 Å². The van der Waals surface area contributed by atoms with Gasteiger partial charge >= 0.3 is 0 Å². The Balaban J connectivity index is 1.32. The van der Waals surface area contributed by atoms with E-state index in [0.717, 1.165) is 67.9 Å². The van der Waals surface area contributed by atoms with Crippen molar-refractivity contribution in [3.05, 3.63) is 71.0 Å².